The highest BCUT2D eigenvalue weighted by molar-refractivity contribution is 5.46. The van der Waals surface area contributed by atoms with Gasteiger partial charge in [0.15, 0.2) is 0 Å². The van der Waals surface area contributed by atoms with E-state index in [9.17, 15) is 15.2 Å². The molecule has 2 aromatic rings. The first-order valence-corrected chi connectivity index (χ1v) is 5.87. The SMILES string of the molecule is O=[N+]([O-])c1cccc(C(CO)Nc2ccccc2)c1. The Hall–Kier alpha value is -2.40. The fourth-order valence-corrected chi connectivity index (χ4v) is 1.83. The van der Waals surface area contributed by atoms with Crippen molar-refractivity contribution in [2.75, 3.05) is 11.9 Å². The zero-order chi connectivity index (χ0) is 13.7. The zero-order valence-corrected chi connectivity index (χ0v) is 10.2. The molecular weight excluding hydrogens is 244 g/mol. The smallest absolute Gasteiger partial charge is 0.269 e. The Morgan fingerprint density at radius 3 is 2.53 bits per heavy atom. The van der Waals surface area contributed by atoms with Crippen LogP contribution < -0.4 is 5.32 Å². The normalized spacial score (nSPS) is 11.8. The lowest BCUT2D eigenvalue weighted by Crippen LogP contribution is -2.14. The Balaban J connectivity index is 2.22. The summed E-state index contributed by atoms with van der Waals surface area (Å²) >= 11 is 0. The van der Waals surface area contributed by atoms with Gasteiger partial charge in [-0.2, -0.15) is 0 Å². The summed E-state index contributed by atoms with van der Waals surface area (Å²) in [5, 5.41) is 23.3. The van der Waals surface area contributed by atoms with Crippen molar-refractivity contribution in [3.63, 3.8) is 0 Å². The van der Waals surface area contributed by atoms with E-state index in [2.05, 4.69) is 5.32 Å². The van der Waals surface area contributed by atoms with Crippen LogP contribution in [-0.4, -0.2) is 16.6 Å². The highest BCUT2D eigenvalue weighted by atomic mass is 16.6. The van der Waals surface area contributed by atoms with Gasteiger partial charge in [0, 0.05) is 17.8 Å². The van der Waals surface area contributed by atoms with Crippen LogP contribution in [0.1, 0.15) is 11.6 Å². The van der Waals surface area contributed by atoms with Gasteiger partial charge >= 0.3 is 0 Å². The predicted molar refractivity (Wildman–Crippen MR) is 73.0 cm³/mol. The number of hydrogen-bond donors (Lipinski definition) is 2. The van der Waals surface area contributed by atoms with Crippen LogP contribution in [0, 0.1) is 10.1 Å². The molecule has 0 radical (unpaired) electrons. The van der Waals surface area contributed by atoms with Crippen molar-refractivity contribution in [3.8, 4) is 0 Å². The molecule has 1 unspecified atom stereocenters. The summed E-state index contributed by atoms with van der Waals surface area (Å²) in [6.07, 6.45) is 0. The molecule has 0 saturated carbocycles. The molecule has 0 aromatic heterocycles. The Bertz CT molecular complexity index is 558. The summed E-state index contributed by atoms with van der Waals surface area (Å²) in [6.45, 7) is -0.143. The second-order valence-electron chi connectivity index (χ2n) is 4.10. The number of aliphatic hydroxyl groups excluding tert-OH is 1. The number of non-ortho nitro benzene ring substituents is 1. The molecule has 0 spiro atoms. The summed E-state index contributed by atoms with van der Waals surface area (Å²) in [7, 11) is 0. The van der Waals surface area contributed by atoms with Gasteiger partial charge in [0.25, 0.3) is 5.69 Å². The van der Waals surface area contributed by atoms with Gasteiger partial charge in [0.1, 0.15) is 0 Å². The van der Waals surface area contributed by atoms with Gasteiger partial charge in [-0.3, -0.25) is 10.1 Å². The topological polar surface area (TPSA) is 75.4 Å². The van der Waals surface area contributed by atoms with E-state index in [1.54, 1.807) is 12.1 Å². The molecule has 19 heavy (non-hydrogen) atoms. The van der Waals surface area contributed by atoms with E-state index in [1.807, 2.05) is 30.3 Å². The molecule has 98 valence electrons. The number of nitro groups is 1. The average molecular weight is 258 g/mol. The van der Waals surface area contributed by atoms with E-state index in [0.717, 1.165) is 5.69 Å². The summed E-state index contributed by atoms with van der Waals surface area (Å²) in [5.74, 6) is 0. The molecule has 0 amide bonds. The first-order chi connectivity index (χ1) is 9.20. The van der Waals surface area contributed by atoms with Gasteiger partial charge in [-0.05, 0) is 17.7 Å². The minimum Gasteiger partial charge on any atom is -0.394 e. The van der Waals surface area contributed by atoms with E-state index in [0.29, 0.717) is 5.56 Å². The summed E-state index contributed by atoms with van der Waals surface area (Å²) in [5.41, 5.74) is 1.56. The molecular formula is C14H14N2O3. The van der Waals surface area contributed by atoms with Gasteiger partial charge in [0.2, 0.25) is 0 Å². The highest BCUT2D eigenvalue weighted by Gasteiger charge is 2.13. The van der Waals surface area contributed by atoms with E-state index < -0.39 is 4.92 Å². The summed E-state index contributed by atoms with van der Waals surface area (Å²) in [4.78, 5) is 10.3. The number of nitrogens with zero attached hydrogens (tertiary/aromatic N) is 1. The maximum absolute atomic E-state index is 10.7. The summed E-state index contributed by atoms with van der Waals surface area (Å²) < 4.78 is 0. The number of anilines is 1. The number of hydrogen-bond acceptors (Lipinski definition) is 4. The maximum Gasteiger partial charge on any atom is 0.269 e. The number of benzene rings is 2. The Morgan fingerprint density at radius 2 is 1.89 bits per heavy atom. The third-order valence-corrected chi connectivity index (χ3v) is 2.78. The van der Waals surface area contributed by atoms with Gasteiger partial charge < -0.3 is 10.4 Å². The molecule has 2 N–H and O–H groups in total. The van der Waals surface area contributed by atoms with Gasteiger partial charge in [-0.1, -0.05) is 30.3 Å². The molecule has 0 aliphatic heterocycles. The Morgan fingerprint density at radius 1 is 1.16 bits per heavy atom. The number of rotatable bonds is 5. The Labute approximate surface area is 110 Å². The van der Waals surface area contributed by atoms with Crippen molar-refractivity contribution in [1.82, 2.24) is 0 Å². The fourth-order valence-electron chi connectivity index (χ4n) is 1.83. The lowest BCUT2D eigenvalue weighted by molar-refractivity contribution is -0.384. The van der Waals surface area contributed by atoms with E-state index in [-0.39, 0.29) is 18.3 Å². The monoisotopic (exact) mass is 258 g/mol. The molecule has 1 atom stereocenters. The first kappa shape index (κ1) is 13.0. The molecule has 0 aliphatic carbocycles. The molecule has 2 aromatic carbocycles. The van der Waals surface area contributed by atoms with Crippen molar-refractivity contribution >= 4 is 11.4 Å². The second-order valence-corrected chi connectivity index (χ2v) is 4.10. The summed E-state index contributed by atoms with van der Waals surface area (Å²) in [6, 6.07) is 15.3. The molecule has 0 aliphatic rings. The van der Waals surface area contributed by atoms with Crippen LogP contribution in [0.3, 0.4) is 0 Å². The maximum atomic E-state index is 10.7. The quantitative estimate of drug-likeness (QED) is 0.638. The largest absolute Gasteiger partial charge is 0.394 e. The van der Waals surface area contributed by atoms with Crippen LogP contribution in [0.25, 0.3) is 0 Å². The van der Waals surface area contributed by atoms with Gasteiger partial charge in [-0.15, -0.1) is 0 Å². The van der Waals surface area contributed by atoms with Crippen molar-refractivity contribution in [2.45, 2.75) is 6.04 Å². The van der Waals surface area contributed by atoms with E-state index in [1.165, 1.54) is 12.1 Å². The molecule has 5 nitrogen and oxygen atoms in total. The molecule has 0 fully saturated rings. The standard InChI is InChI=1S/C14H14N2O3/c17-10-14(15-12-6-2-1-3-7-12)11-5-4-8-13(9-11)16(18)19/h1-9,14-15,17H,10H2. The number of para-hydroxylation sites is 1. The van der Waals surface area contributed by atoms with E-state index >= 15 is 0 Å². The lowest BCUT2D eigenvalue weighted by Gasteiger charge is -2.17. The lowest BCUT2D eigenvalue weighted by atomic mass is 10.1. The van der Waals surface area contributed by atoms with Crippen molar-refractivity contribution in [3.05, 3.63) is 70.3 Å². The van der Waals surface area contributed by atoms with Crippen molar-refractivity contribution in [2.24, 2.45) is 0 Å². The minimum absolute atomic E-state index is 0.0193. The second kappa shape index (κ2) is 5.97. The molecule has 0 bridgehead atoms. The van der Waals surface area contributed by atoms with Crippen LogP contribution in [0.4, 0.5) is 11.4 Å². The molecule has 0 saturated heterocycles. The number of aliphatic hydroxyl groups is 1. The number of nitrogens with one attached hydrogen (secondary N) is 1. The Kier molecular flexibility index (Phi) is 4.10. The van der Waals surface area contributed by atoms with Gasteiger partial charge in [-0.25, -0.2) is 0 Å². The fraction of sp³-hybridized carbons (Fsp3) is 0.143. The van der Waals surface area contributed by atoms with Crippen LogP contribution in [-0.2, 0) is 0 Å². The molecule has 5 heteroatoms. The zero-order valence-electron chi connectivity index (χ0n) is 10.2. The van der Waals surface area contributed by atoms with Gasteiger partial charge in [0.05, 0.1) is 17.6 Å². The molecule has 2 rings (SSSR count). The van der Waals surface area contributed by atoms with Crippen LogP contribution in [0.2, 0.25) is 0 Å². The molecule has 0 heterocycles. The average Bonchev–Trinajstić information content (AvgIpc) is 2.46. The predicted octanol–water partition coefficient (Wildman–Crippen LogP) is 2.74. The van der Waals surface area contributed by atoms with Crippen LogP contribution in [0.15, 0.2) is 54.6 Å². The van der Waals surface area contributed by atoms with Crippen LogP contribution in [0.5, 0.6) is 0 Å². The van der Waals surface area contributed by atoms with Crippen LogP contribution >= 0.6 is 0 Å². The van der Waals surface area contributed by atoms with Crippen molar-refractivity contribution < 1.29 is 10.0 Å². The first-order valence-electron chi connectivity index (χ1n) is 5.87. The van der Waals surface area contributed by atoms with E-state index in [4.69, 9.17) is 0 Å². The third-order valence-electron chi connectivity index (χ3n) is 2.78. The van der Waals surface area contributed by atoms with Crippen molar-refractivity contribution in [1.29, 1.82) is 0 Å². The minimum atomic E-state index is -0.444. The third kappa shape index (κ3) is 3.29. The number of nitro benzene ring substituents is 1. The highest BCUT2D eigenvalue weighted by Crippen LogP contribution is 2.22.